The van der Waals surface area contributed by atoms with Crippen LogP contribution in [-0.4, -0.2) is 19.7 Å². The summed E-state index contributed by atoms with van der Waals surface area (Å²) in [6.07, 6.45) is 3.69. The minimum atomic E-state index is 0.0470. The molecule has 0 amide bonds. The fraction of sp³-hybridized carbons (Fsp3) is 0.188. The molecule has 5 nitrogen and oxygen atoms in total. The first-order valence-corrected chi connectivity index (χ1v) is 7.38. The lowest BCUT2D eigenvalue weighted by molar-refractivity contribution is 0.812. The second kappa shape index (κ2) is 6.15. The van der Waals surface area contributed by atoms with E-state index >= 15 is 0 Å². The van der Waals surface area contributed by atoms with Crippen molar-refractivity contribution >= 4 is 17.4 Å². The Morgan fingerprint density at radius 2 is 2.00 bits per heavy atom. The van der Waals surface area contributed by atoms with Crippen molar-refractivity contribution in [3.8, 4) is 5.69 Å². The highest BCUT2D eigenvalue weighted by molar-refractivity contribution is 6.29. The molecule has 3 rings (SSSR count). The summed E-state index contributed by atoms with van der Waals surface area (Å²) in [6, 6.07) is 11.8. The van der Waals surface area contributed by atoms with E-state index in [4.69, 9.17) is 11.6 Å². The summed E-state index contributed by atoms with van der Waals surface area (Å²) in [6.45, 7) is 3.90. The van der Waals surface area contributed by atoms with Gasteiger partial charge in [0, 0.05) is 18.5 Å². The van der Waals surface area contributed by atoms with E-state index in [-0.39, 0.29) is 6.04 Å². The lowest BCUT2D eigenvalue weighted by atomic mass is 10.1. The van der Waals surface area contributed by atoms with Gasteiger partial charge < -0.3 is 5.32 Å². The molecule has 1 aromatic carbocycles. The Morgan fingerprint density at radius 3 is 2.73 bits per heavy atom. The Bertz CT molecular complexity index is 750. The second-order valence-electron chi connectivity index (χ2n) is 5.00. The van der Waals surface area contributed by atoms with Crippen molar-refractivity contribution < 1.29 is 0 Å². The molecule has 6 heteroatoms. The van der Waals surface area contributed by atoms with Gasteiger partial charge in [-0.1, -0.05) is 29.8 Å². The third-order valence-electron chi connectivity index (χ3n) is 3.33. The van der Waals surface area contributed by atoms with Gasteiger partial charge in [-0.05, 0) is 31.5 Å². The Hall–Kier alpha value is -2.40. The molecule has 0 aliphatic rings. The van der Waals surface area contributed by atoms with E-state index in [9.17, 15) is 0 Å². The zero-order valence-electron chi connectivity index (χ0n) is 12.4. The first-order valence-electron chi connectivity index (χ1n) is 7.00. The van der Waals surface area contributed by atoms with Gasteiger partial charge in [-0.3, -0.25) is 0 Å². The fourth-order valence-corrected chi connectivity index (χ4v) is 2.60. The molecule has 0 saturated carbocycles. The van der Waals surface area contributed by atoms with Gasteiger partial charge in [-0.15, -0.1) is 0 Å². The molecule has 0 saturated heterocycles. The molecule has 1 atom stereocenters. The minimum Gasteiger partial charge on any atom is -0.363 e. The first kappa shape index (κ1) is 14.5. The highest BCUT2D eigenvalue weighted by Gasteiger charge is 2.13. The predicted molar refractivity (Wildman–Crippen MR) is 87.4 cm³/mol. The second-order valence-corrected chi connectivity index (χ2v) is 5.39. The predicted octanol–water partition coefficient (Wildman–Crippen LogP) is 3.80. The normalized spacial score (nSPS) is 12.1. The molecule has 2 heterocycles. The third-order valence-corrected chi connectivity index (χ3v) is 3.52. The van der Waals surface area contributed by atoms with Crippen molar-refractivity contribution in [2.75, 3.05) is 5.32 Å². The molecule has 0 aliphatic heterocycles. The number of benzene rings is 1. The molecule has 22 heavy (non-hydrogen) atoms. The fourth-order valence-electron chi connectivity index (χ4n) is 2.38. The van der Waals surface area contributed by atoms with Gasteiger partial charge in [-0.2, -0.15) is 5.10 Å². The van der Waals surface area contributed by atoms with Crippen molar-refractivity contribution in [3.63, 3.8) is 0 Å². The summed E-state index contributed by atoms with van der Waals surface area (Å²) in [5, 5.41) is 8.11. The number of anilines is 1. The topological polar surface area (TPSA) is 55.6 Å². The largest absolute Gasteiger partial charge is 0.363 e. The SMILES string of the molecule is Cc1nc(Cl)cc(NC(C)c2ccccc2-n2cccn2)n1. The first-order chi connectivity index (χ1) is 10.6. The minimum absolute atomic E-state index is 0.0470. The standard InChI is InChI=1S/C16H16ClN5/c1-11(19-16-10-15(17)20-12(2)21-16)13-6-3-4-7-14(13)22-9-5-8-18-22/h3-11H,1-2H3,(H,19,20,21). The van der Waals surface area contributed by atoms with Crippen LogP contribution in [0.3, 0.4) is 0 Å². The maximum absolute atomic E-state index is 5.99. The van der Waals surface area contributed by atoms with Crippen LogP contribution in [0, 0.1) is 6.92 Å². The smallest absolute Gasteiger partial charge is 0.134 e. The van der Waals surface area contributed by atoms with Crippen LogP contribution < -0.4 is 5.32 Å². The van der Waals surface area contributed by atoms with Gasteiger partial charge in [0.1, 0.15) is 16.8 Å². The van der Waals surface area contributed by atoms with Crippen molar-refractivity contribution in [2.24, 2.45) is 0 Å². The quantitative estimate of drug-likeness (QED) is 0.744. The maximum Gasteiger partial charge on any atom is 0.134 e. The molecule has 1 N–H and O–H groups in total. The van der Waals surface area contributed by atoms with Gasteiger partial charge in [0.15, 0.2) is 0 Å². The van der Waals surface area contributed by atoms with Crippen LogP contribution in [0.25, 0.3) is 5.69 Å². The number of para-hydroxylation sites is 1. The molecule has 112 valence electrons. The lowest BCUT2D eigenvalue weighted by Gasteiger charge is -2.18. The molecule has 3 aromatic rings. The van der Waals surface area contributed by atoms with Gasteiger partial charge in [0.05, 0.1) is 11.7 Å². The van der Waals surface area contributed by atoms with Crippen LogP contribution in [0.1, 0.15) is 24.4 Å². The average molecular weight is 314 g/mol. The van der Waals surface area contributed by atoms with Crippen LogP contribution in [0.15, 0.2) is 48.8 Å². The zero-order chi connectivity index (χ0) is 15.5. The highest BCUT2D eigenvalue weighted by Crippen LogP contribution is 2.24. The van der Waals surface area contributed by atoms with E-state index in [1.54, 1.807) is 12.3 Å². The summed E-state index contributed by atoms with van der Waals surface area (Å²) in [7, 11) is 0. The molecule has 0 radical (unpaired) electrons. The van der Waals surface area contributed by atoms with Gasteiger partial charge in [-0.25, -0.2) is 14.6 Å². The molecule has 0 bridgehead atoms. The van der Waals surface area contributed by atoms with Gasteiger partial charge >= 0.3 is 0 Å². The Balaban J connectivity index is 1.91. The van der Waals surface area contributed by atoms with E-state index in [0.29, 0.717) is 16.8 Å². The van der Waals surface area contributed by atoms with Crippen LogP contribution >= 0.6 is 11.6 Å². The van der Waals surface area contributed by atoms with Crippen molar-refractivity contribution in [3.05, 3.63) is 65.3 Å². The van der Waals surface area contributed by atoms with Crippen LogP contribution in [-0.2, 0) is 0 Å². The Labute approximate surface area is 134 Å². The summed E-state index contributed by atoms with van der Waals surface area (Å²) in [5.74, 6) is 1.35. The summed E-state index contributed by atoms with van der Waals surface area (Å²) < 4.78 is 1.85. The van der Waals surface area contributed by atoms with Crippen molar-refractivity contribution in [1.29, 1.82) is 0 Å². The number of hydrogen-bond acceptors (Lipinski definition) is 4. The summed E-state index contributed by atoms with van der Waals surface area (Å²) in [5.41, 5.74) is 2.16. The van der Waals surface area contributed by atoms with E-state index in [1.165, 1.54) is 0 Å². The number of halogens is 1. The number of hydrogen-bond donors (Lipinski definition) is 1. The van der Waals surface area contributed by atoms with Crippen molar-refractivity contribution in [1.82, 2.24) is 19.7 Å². The summed E-state index contributed by atoms with van der Waals surface area (Å²) >= 11 is 5.99. The van der Waals surface area contributed by atoms with Crippen LogP contribution in [0.2, 0.25) is 5.15 Å². The Morgan fingerprint density at radius 1 is 1.18 bits per heavy atom. The number of aromatic nitrogens is 4. The molecule has 1 unspecified atom stereocenters. The molecule has 2 aromatic heterocycles. The van der Waals surface area contributed by atoms with E-state index in [2.05, 4.69) is 33.4 Å². The van der Waals surface area contributed by atoms with E-state index in [0.717, 1.165) is 11.3 Å². The van der Waals surface area contributed by atoms with Crippen LogP contribution in [0.4, 0.5) is 5.82 Å². The molecule has 0 aliphatic carbocycles. The molecule has 0 spiro atoms. The summed E-state index contributed by atoms with van der Waals surface area (Å²) in [4.78, 5) is 8.44. The number of nitrogens with one attached hydrogen (secondary N) is 1. The molecular weight excluding hydrogens is 298 g/mol. The average Bonchev–Trinajstić information content (AvgIpc) is 3.00. The van der Waals surface area contributed by atoms with Gasteiger partial charge in [0.2, 0.25) is 0 Å². The number of rotatable bonds is 4. The van der Waals surface area contributed by atoms with Gasteiger partial charge in [0.25, 0.3) is 0 Å². The number of aryl methyl sites for hydroxylation is 1. The third kappa shape index (κ3) is 3.09. The van der Waals surface area contributed by atoms with E-state index < -0.39 is 0 Å². The van der Waals surface area contributed by atoms with E-state index in [1.807, 2.05) is 42.1 Å². The molecule has 0 fully saturated rings. The molecular formula is C16H16ClN5. The van der Waals surface area contributed by atoms with Crippen LogP contribution in [0.5, 0.6) is 0 Å². The zero-order valence-corrected chi connectivity index (χ0v) is 13.1. The monoisotopic (exact) mass is 313 g/mol. The highest BCUT2D eigenvalue weighted by atomic mass is 35.5. The van der Waals surface area contributed by atoms with Crippen molar-refractivity contribution in [2.45, 2.75) is 19.9 Å². The Kier molecular flexibility index (Phi) is 4.06. The maximum atomic E-state index is 5.99. The number of nitrogens with zero attached hydrogens (tertiary/aromatic N) is 4. The lowest BCUT2D eigenvalue weighted by Crippen LogP contribution is -2.12.